The van der Waals surface area contributed by atoms with Gasteiger partial charge in [-0.2, -0.15) is 0 Å². The third-order valence-corrected chi connectivity index (χ3v) is 4.00. The van der Waals surface area contributed by atoms with Crippen molar-refractivity contribution >= 4 is 15.9 Å². The van der Waals surface area contributed by atoms with Gasteiger partial charge < -0.3 is 10.3 Å². The van der Waals surface area contributed by atoms with Gasteiger partial charge in [-0.05, 0) is 23.3 Å². The fourth-order valence-electron chi connectivity index (χ4n) is 2.34. The minimum absolute atomic E-state index is 0.0467. The van der Waals surface area contributed by atoms with Crippen LogP contribution in [-0.2, 0) is 6.54 Å². The van der Waals surface area contributed by atoms with Crippen LogP contribution in [0.15, 0.2) is 71.6 Å². The van der Waals surface area contributed by atoms with Crippen LogP contribution in [0.3, 0.4) is 0 Å². The second kappa shape index (κ2) is 6.24. The molecule has 0 bridgehead atoms. The first-order valence-electron chi connectivity index (χ1n) is 6.80. The monoisotopic (exact) mass is 341 g/mol. The number of aromatic nitrogens is 2. The van der Waals surface area contributed by atoms with Gasteiger partial charge in [0.15, 0.2) is 0 Å². The summed E-state index contributed by atoms with van der Waals surface area (Å²) in [6, 6.07) is 18.3. The second-order valence-corrected chi connectivity index (χ2v) is 5.87. The summed E-state index contributed by atoms with van der Waals surface area (Å²) in [5, 5.41) is 0. The highest BCUT2D eigenvalue weighted by molar-refractivity contribution is 9.10. The molecular formula is C17H16BrN3. The fourth-order valence-corrected chi connectivity index (χ4v) is 2.61. The first kappa shape index (κ1) is 14.0. The smallest absolute Gasteiger partial charge is 0.0951 e. The third-order valence-electron chi connectivity index (χ3n) is 3.47. The molecule has 0 saturated heterocycles. The number of hydrogen-bond donors (Lipinski definition) is 1. The molecule has 0 aliphatic heterocycles. The Morgan fingerprint density at radius 3 is 2.48 bits per heavy atom. The fraction of sp³-hybridized carbons (Fsp3) is 0.118. The molecule has 2 aromatic carbocycles. The van der Waals surface area contributed by atoms with Gasteiger partial charge in [0, 0.05) is 17.1 Å². The highest BCUT2D eigenvalue weighted by Gasteiger charge is 2.10. The average molecular weight is 342 g/mol. The van der Waals surface area contributed by atoms with Crippen LogP contribution in [0.1, 0.15) is 11.6 Å². The van der Waals surface area contributed by atoms with Crippen LogP contribution in [-0.4, -0.2) is 9.55 Å². The molecular weight excluding hydrogens is 326 g/mol. The van der Waals surface area contributed by atoms with Gasteiger partial charge in [-0.25, -0.2) is 4.98 Å². The molecule has 0 amide bonds. The van der Waals surface area contributed by atoms with Crippen molar-refractivity contribution < 1.29 is 0 Å². The van der Waals surface area contributed by atoms with Crippen molar-refractivity contribution in [3.8, 4) is 11.3 Å². The summed E-state index contributed by atoms with van der Waals surface area (Å²) < 4.78 is 3.17. The molecule has 0 radical (unpaired) electrons. The van der Waals surface area contributed by atoms with Crippen molar-refractivity contribution in [1.29, 1.82) is 0 Å². The lowest BCUT2D eigenvalue weighted by atomic mass is 10.1. The number of imidazole rings is 1. The Kier molecular flexibility index (Phi) is 4.18. The Morgan fingerprint density at radius 1 is 1.05 bits per heavy atom. The summed E-state index contributed by atoms with van der Waals surface area (Å²) in [5.74, 6) is 0. The lowest BCUT2D eigenvalue weighted by Gasteiger charge is -2.15. The summed E-state index contributed by atoms with van der Waals surface area (Å²) in [5.41, 5.74) is 9.65. The first-order chi connectivity index (χ1) is 10.2. The van der Waals surface area contributed by atoms with E-state index in [1.54, 1.807) is 0 Å². The topological polar surface area (TPSA) is 43.8 Å². The van der Waals surface area contributed by atoms with E-state index in [0.717, 1.165) is 21.3 Å². The summed E-state index contributed by atoms with van der Waals surface area (Å²) >= 11 is 3.46. The largest absolute Gasteiger partial charge is 0.329 e. The Labute approximate surface area is 132 Å². The maximum absolute atomic E-state index is 6.30. The quantitative estimate of drug-likeness (QED) is 0.778. The van der Waals surface area contributed by atoms with Crippen LogP contribution in [0.2, 0.25) is 0 Å². The Bertz CT molecular complexity index is 704. The number of halogens is 1. The standard InChI is InChI=1S/C17H16BrN3/c18-15-8-6-14(7-9-15)17-10-20-12-21(17)11-16(19)13-4-2-1-3-5-13/h1-10,12,16H,11,19H2. The Hall–Kier alpha value is -1.91. The molecule has 1 aromatic heterocycles. The first-order valence-corrected chi connectivity index (χ1v) is 7.60. The summed E-state index contributed by atoms with van der Waals surface area (Å²) in [4.78, 5) is 4.26. The van der Waals surface area contributed by atoms with E-state index in [-0.39, 0.29) is 6.04 Å². The van der Waals surface area contributed by atoms with E-state index in [9.17, 15) is 0 Å². The zero-order valence-corrected chi connectivity index (χ0v) is 13.1. The van der Waals surface area contributed by atoms with Gasteiger partial charge in [-0.1, -0.05) is 58.4 Å². The summed E-state index contributed by atoms with van der Waals surface area (Å²) in [7, 11) is 0. The molecule has 0 fully saturated rings. The number of nitrogens with zero attached hydrogens (tertiary/aromatic N) is 2. The number of hydrogen-bond acceptors (Lipinski definition) is 2. The Balaban J connectivity index is 1.84. The van der Waals surface area contributed by atoms with Gasteiger partial charge in [0.25, 0.3) is 0 Å². The van der Waals surface area contributed by atoms with Gasteiger partial charge in [0.1, 0.15) is 0 Å². The zero-order valence-electron chi connectivity index (χ0n) is 11.5. The van der Waals surface area contributed by atoms with Crippen LogP contribution in [0.5, 0.6) is 0 Å². The molecule has 0 aliphatic rings. The van der Waals surface area contributed by atoms with Crippen molar-refractivity contribution in [1.82, 2.24) is 9.55 Å². The van der Waals surface area contributed by atoms with E-state index in [0.29, 0.717) is 6.54 Å². The van der Waals surface area contributed by atoms with E-state index in [4.69, 9.17) is 5.73 Å². The van der Waals surface area contributed by atoms with E-state index < -0.39 is 0 Å². The number of benzene rings is 2. The van der Waals surface area contributed by atoms with E-state index >= 15 is 0 Å². The predicted octanol–water partition coefficient (Wildman–Crippen LogP) is 4.01. The second-order valence-electron chi connectivity index (χ2n) is 4.96. The van der Waals surface area contributed by atoms with Crippen LogP contribution >= 0.6 is 15.9 Å². The zero-order chi connectivity index (χ0) is 14.7. The van der Waals surface area contributed by atoms with Crippen molar-refractivity contribution in [2.24, 2.45) is 5.73 Å². The molecule has 21 heavy (non-hydrogen) atoms. The van der Waals surface area contributed by atoms with E-state index in [2.05, 4.69) is 49.7 Å². The summed E-state index contributed by atoms with van der Waals surface area (Å²) in [6.45, 7) is 0.704. The van der Waals surface area contributed by atoms with Crippen LogP contribution in [0, 0.1) is 0 Å². The molecule has 1 atom stereocenters. The predicted molar refractivity (Wildman–Crippen MR) is 88.7 cm³/mol. The van der Waals surface area contributed by atoms with Gasteiger partial charge in [0.05, 0.1) is 18.2 Å². The highest BCUT2D eigenvalue weighted by atomic mass is 79.9. The summed E-state index contributed by atoms with van der Waals surface area (Å²) in [6.07, 6.45) is 3.71. The minimum Gasteiger partial charge on any atom is -0.329 e. The SMILES string of the molecule is NC(Cn1cncc1-c1ccc(Br)cc1)c1ccccc1. The van der Waals surface area contributed by atoms with Crippen LogP contribution < -0.4 is 5.73 Å². The molecule has 0 saturated carbocycles. The lowest BCUT2D eigenvalue weighted by Crippen LogP contribution is -2.17. The minimum atomic E-state index is -0.0467. The van der Waals surface area contributed by atoms with Crippen LogP contribution in [0.4, 0.5) is 0 Å². The number of nitrogens with two attached hydrogens (primary N) is 1. The van der Waals surface area contributed by atoms with Gasteiger partial charge >= 0.3 is 0 Å². The van der Waals surface area contributed by atoms with Gasteiger partial charge in [-0.15, -0.1) is 0 Å². The van der Waals surface area contributed by atoms with Crippen molar-refractivity contribution in [2.75, 3.05) is 0 Å². The lowest BCUT2D eigenvalue weighted by molar-refractivity contribution is 0.580. The van der Waals surface area contributed by atoms with Gasteiger partial charge in [0.2, 0.25) is 0 Å². The molecule has 0 aliphatic carbocycles. The molecule has 0 spiro atoms. The van der Waals surface area contributed by atoms with Crippen molar-refractivity contribution in [3.63, 3.8) is 0 Å². The van der Waals surface area contributed by atoms with Crippen molar-refractivity contribution in [2.45, 2.75) is 12.6 Å². The van der Waals surface area contributed by atoms with Crippen LogP contribution in [0.25, 0.3) is 11.3 Å². The molecule has 4 heteroatoms. The third kappa shape index (κ3) is 3.23. The maximum Gasteiger partial charge on any atom is 0.0951 e. The normalized spacial score (nSPS) is 12.3. The van der Waals surface area contributed by atoms with E-state index in [1.807, 2.05) is 42.9 Å². The maximum atomic E-state index is 6.30. The van der Waals surface area contributed by atoms with Crippen molar-refractivity contribution in [3.05, 3.63) is 77.2 Å². The molecule has 3 nitrogen and oxygen atoms in total. The van der Waals surface area contributed by atoms with Gasteiger partial charge in [-0.3, -0.25) is 0 Å². The molecule has 3 rings (SSSR count). The molecule has 106 valence electrons. The van der Waals surface area contributed by atoms with E-state index in [1.165, 1.54) is 0 Å². The highest BCUT2D eigenvalue weighted by Crippen LogP contribution is 2.23. The molecule has 3 aromatic rings. The number of rotatable bonds is 4. The molecule has 2 N–H and O–H groups in total. The Morgan fingerprint density at radius 2 is 1.76 bits per heavy atom. The molecule has 1 heterocycles. The molecule has 1 unspecified atom stereocenters. The average Bonchev–Trinajstić information content (AvgIpc) is 2.97.